The first kappa shape index (κ1) is 15.9. The van der Waals surface area contributed by atoms with Crippen molar-refractivity contribution in [2.45, 2.75) is 52.3 Å². The van der Waals surface area contributed by atoms with Crippen LogP contribution in [0.2, 0.25) is 0 Å². The Kier molecular flexibility index (Phi) is 4.64. The van der Waals surface area contributed by atoms with Gasteiger partial charge in [-0.2, -0.15) is 5.06 Å². The number of pyridine rings is 1. The van der Waals surface area contributed by atoms with Crippen LogP contribution in [-0.4, -0.2) is 34.3 Å². The largest absolute Gasteiger partial charge is 0.466 e. The van der Waals surface area contributed by atoms with Crippen molar-refractivity contribution >= 4 is 5.97 Å². The molecular formula is C16H24N2O3. The Balaban J connectivity index is 2.41. The quantitative estimate of drug-likeness (QED) is 0.802. The zero-order valence-electron chi connectivity index (χ0n) is 13.4. The molecule has 0 aromatic carbocycles. The minimum absolute atomic E-state index is 0.187. The van der Waals surface area contributed by atoms with Crippen LogP contribution in [0, 0.1) is 5.92 Å². The molecule has 21 heavy (non-hydrogen) atoms. The van der Waals surface area contributed by atoms with Gasteiger partial charge >= 0.3 is 5.97 Å². The van der Waals surface area contributed by atoms with Gasteiger partial charge in [-0.05, 0) is 46.2 Å². The van der Waals surface area contributed by atoms with Gasteiger partial charge in [0.15, 0.2) is 0 Å². The zero-order chi connectivity index (χ0) is 15.6. The molecule has 0 spiro atoms. The molecule has 0 amide bonds. The fourth-order valence-electron chi connectivity index (χ4n) is 2.74. The van der Waals surface area contributed by atoms with Crippen LogP contribution in [-0.2, 0) is 14.4 Å². The lowest BCUT2D eigenvalue weighted by atomic mass is 9.89. The van der Waals surface area contributed by atoms with Gasteiger partial charge in [-0.25, -0.2) is 0 Å². The number of carbonyl (C=O) groups is 1. The van der Waals surface area contributed by atoms with Crippen molar-refractivity contribution in [3.05, 3.63) is 30.1 Å². The topological polar surface area (TPSA) is 51.7 Å². The zero-order valence-corrected chi connectivity index (χ0v) is 13.4. The molecule has 0 N–H and O–H groups in total. The monoisotopic (exact) mass is 292 g/mol. The van der Waals surface area contributed by atoms with E-state index in [1.54, 1.807) is 12.4 Å². The Morgan fingerprint density at radius 1 is 1.48 bits per heavy atom. The van der Waals surface area contributed by atoms with E-state index in [2.05, 4.69) is 25.8 Å². The van der Waals surface area contributed by atoms with Crippen LogP contribution in [0.25, 0.3) is 0 Å². The number of hydrogen-bond acceptors (Lipinski definition) is 5. The summed E-state index contributed by atoms with van der Waals surface area (Å²) >= 11 is 0. The molecule has 1 saturated heterocycles. The average Bonchev–Trinajstić information content (AvgIpc) is 2.77. The third kappa shape index (κ3) is 3.24. The highest BCUT2D eigenvalue weighted by molar-refractivity contribution is 5.74. The standard InChI is InChI=1S/C16H24N2O3/c1-6-20-15(19)13-11(2)21-18(16(3,4)5)14(13)12-8-7-9-17-10-12/h7-11,13-14H,6H2,1-5H3/t11-,13-,14+/m1/s1. The molecule has 0 saturated carbocycles. The fraction of sp³-hybridized carbons (Fsp3) is 0.625. The number of nitrogens with zero attached hydrogens (tertiary/aromatic N) is 2. The molecule has 0 bridgehead atoms. The molecule has 5 heteroatoms. The van der Waals surface area contributed by atoms with E-state index in [1.165, 1.54) is 0 Å². The normalized spacial score (nSPS) is 26.8. The predicted octanol–water partition coefficient (Wildman–Crippen LogP) is 2.74. The van der Waals surface area contributed by atoms with Crippen LogP contribution >= 0.6 is 0 Å². The van der Waals surface area contributed by atoms with Crippen molar-refractivity contribution in [3.8, 4) is 0 Å². The number of rotatable bonds is 3. The summed E-state index contributed by atoms with van der Waals surface area (Å²) in [6, 6.07) is 3.67. The van der Waals surface area contributed by atoms with Crippen molar-refractivity contribution in [1.82, 2.24) is 10.0 Å². The van der Waals surface area contributed by atoms with Crippen LogP contribution in [0.4, 0.5) is 0 Å². The Hall–Kier alpha value is -1.46. The predicted molar refractivity (Wildman–Crippen MR) is 79.2 cm³/mol. The second-order valence-corrected chi connectivity index (χ2v) is 6.32. The molecule has 1 aromatic heterocycles. The van der Waals surface area contributed by atoms with Gasteiger partial charge in [0.05, 0.1) is 18.8 Å². The molecule has 5 nitrogen and oxygen atoms in total. The van der Waals surface area contributed by atoms with E-state index < -0.39 is 0 Å². The van der Waals surface area contributed by atoms with Gasteiger partial charge in [0.1, 0.15) is 5.92 Å². The Bertz CT molecular complexity index is 484. The molecule has 0 aliphatic carbocycles. The third-order valence-electron chi connectivity index (χ3n) is 3.62. The second kappa shape index (κ2) is 6.12. The number of aromatic nitrogens is 1. The molecule has 1 aliphatic rings. The summed E-state index contributed by atoms with van der Waals surface area (Å²) in [5, 5.41) is 1.90. The average molecular weight is 292 g/mol. The van der Waals surface area contributed by atoms with Crippen LogP contribution in [0.3, 0.4) is 0 Å². The summed E-state index contributed by atoms with van der Waals surface area (Å²) in [7, 11) is 0. The first-order chi connectivity index (χ1) is 9.86. The highest BCUT2D eigenvalue weighted by Gasteiger charge is 2.50. The van der Waals surface area contributed by atoms with Crippen molar-refractivity contribution < 1.29 is 14.4 Å². The molecule has 0 radical (unpaired) electrons. The number of esters is 1. The second-order valence-electron chi connectivity index (χ2n) is 6.32. The summed E-state index contributed by atoms with van der Waals surface area (Å²) in [5.74, 6) is -0.570. The van der Waals surface area contributed by atoms with Gasteiger partial charge in [0.2, 0.25) is 0 Å². The van der Waals surface area contributed by atoms with Crippen LogP contribution in [0.15, 0.2) is 24.5 Å². The summed E-state index contributed by atoms with van der Waals surface area (Å²) in [6.07, 6.45) is 3.29. The van der Waals surface area contributed by atoms with E-state index in [-0.39, 0.29) is 29.6 Å². The maximum absolute atomic E-state index is 12.4. The van der Waals surface area contributed by atoms with Gasteiger partial charge < -0.3 is 4.74 Å². The third-order valence-corrected chi connectivity index (χ3v) is 3.62. The van der Waals surface area contributed by atoms with E-state index in [4.69, 9.17) is 9.57 Å². The SMILES string of the molecule is CCOC(=O)[C@@H]1[C@@H](C)ON(C(C)(C)C)[C@H]1c1cccnc1. The van der Waals surface area contributed by atoms with Gasteiger partial charge in [-0.1, -0.05) is 6.07 Å². The molecule has 116 valence electrons. The van der Waals surface area contributed by atoms with E-state index >= 15 is 0 Å². The lowest BCUT2D eigenvalue weighted by Gasteiger charge is -2.35. The van der Waals surface area contributed by atoms with E-state index in [1.807, 2.05) is 31.0 Å². The van der Waals surface area contributed by atoms with E-state index in [9.17, 15) is 4.79 Å². The van der Waals surface area contributed by atoms with E-state index in [0.29, 0.717) is 6.61 Å². The Morgan fingerprint density at radius 2 is 2.19 bits per heavy atom. The van der Waals surface area contributed by atoms with Gasteiger partial charge in [-0.3, -0.25) is 14.6 Å². The minimum Gasteiger partial charge on any atom is -0.466 e. The fourth-order valence-corrected chi connectivity index (χ4v) is 2.74. The first-order valence-electron chi connectivity index (χ1n) is 7.39. The van der Waals surface area contributed by atoms with Crippen molar-refractivity contribution in [2.75, 3.05) is 6.61 Å². The molecule has 0 unspecified atom stereocenters. The number of carbonyl (C=O) groups excluding carboxylic acids is 1. The minimum atomic E-state index is -0.353. The van der Waals surface area contributed by atoms with Crippen molar-refractivity contribution in [2.24, 2.45) is 5.92 Å². The molecule has 3 atom stereocenters. The summed E-state index contributed by atoms with van der Waals surface area (Å²) in [6.45, 7) is 10.3. The van der Waals surface area contributed by atoms with Crippen LogP contribution < -0.4 is 0 Å². The van der Waals surface area contributed by atoms with E-state index in [0.717, 1.165) is 5.56 Å². The molecule has 1 fully saturated rings. The van der Waals surface area contributed by atoms with Gasteiger partial charge in [0, 0.05) is 17.9 Å². The van der Waals surface area contributed by atoms with Crippen molar-refractivity contribution in [1.29, 1.82) is 0 Å². The maximum Gasteiger partial charge on any atom is 0.313 e. The lowest BCUT2D eigenvalue weighted by Crippen LogP contribution is -2.41. The highest BCUT2D eigenvalue weighted by Crippen LogP contribution is 2.43. The number of hydroxylamine groups is 2. The summed E-state index contributed by atoms with van der Waals surface area (Å²) < 4.78 is 5.24. The van der Waals surface area contributed by atoms with Gasteiger partial charge in [-0.15, -0.1) is 0 Å². The van der Waals surface area contributed by atoms with Gasteiger partial charge in [0.25, 0.3) is 0 Å². The molecule has 2 heterocycles. The molecule has 1 aliphatic heterocycles. The molecular weight excluding hydrogens is 268 g/mol. The van der Waals surface area contributed by atoms with Crippen molar-refractivity contribution in [3.63, 3.8) is 0 Å². The van der Waals surface area contributed by atoms with Crippen LogP contribution in [0.1, 0.15) is 46.2 Å². The Morgan fingerprint density at radius 3 is 2.71 bits per heavy atom. The smallest absolute Gasteiger partial charge is 0.313 e. The Labute approximate surface area is 126 Å². The maximum atomic E-state index is 12.4. The lowest BCUT2D eigenvalue weighted by molar-refractivity contribution is -0.210. The van der Waals surface area contributed by atoms with Crippen LogP contribution in [0.5, 0.6) is 0 Å². The molecule has 2 rings (SSSR count). The number of hydrogen-bond donors (Lipinski definition) is 0. The first-order valence-corrected chi connectivity index (χ1v) is 7.39. The summed E-state index contributed by atoms with van der Waals surface area (Å²) in [4.78, 5) is 22.5. The summed E-state index contributed by atoms with van der Waals surface area (Å²) in [5.41, 5.74) is 0.741. The molecule has 1 aromatic rings. The number of ether oxygens (including phenoxy) is 1. The highest BCUT2D eigenvalue weighted by atomic mass is 16.7.